The van der Waals surface area contributed by atoms with Gasteiger partial charge in [-0.3, -0.25) is 9.59 Å². The molecule has 0 spiro atoms. The maximum absolute atomic E-state index is 12.0. The van der Waals surface area contributed by atoms with Gasteiger partial charge < -0.3 is 20.3 Å². The van der Waals surface area contributed by atoms with Crippen LogP contribution in [0, 0.1) is 11.8 Å². The molecule has 29 heavy (non-hydrogen) atoms. The Labute approximate surface area is 171 Å². The Hall–Kier alpha value is -2.93. The summed E-state index contributed by atoms with van der Waals surface area (Å²) in [5, 5.41) is 5.38. The first-order chi connectivity index (χ1) is 14.0. The SMILES string of the molecule is CC1CC(C)CN(c2ccc(NC(=O)COCC(=O)Nc3ccccn3)cc2)C1. The summed E-state index contributed by atoms with van der Waals surface area (Å²) in [5.41, 5.74) is 1.88. The van der Waals surface area contributed by atoms with E-state index in [1.54, 1.807) is 24.4 Å². The molecule has 2 heterocycles. The molecule has 154 valence electrons. The normalized spacial score (nSPS) is 18.9. The summed E-state index contributed by atoms with van der Waals surface area (Å²) in [6.07, 6.45) is 2.85. The molecule has 2 unspecified atom stereocenters. The average Bonchev–Trinajstić information content (AvgIpc) is 2.68. The van der Waals surface area contributed by atoms with Gasteiger partial charge in [-0.15, -0.1) is 0 Å². The van der Waals surface area contributed by atoms with Gasteiger partial charge in [0.05, 0.1) is 0 Å². The van der Waals surface area contributed by atoms with Crippen molar-refractivity contribution in [3.05, 3.63) is 48.7 Å². The monoisotopic (exact) mass is 396 g/mol. The molecule has 1 fully saturated rings. The zero-order valence-electron chi connectivity index (χ0n) is 16.9. The number of pyridine rings is 1. The largest absolute Gasteiger partial charge is 0.371 e. The molecular formula is C22H28N4O3. The van der Waals surface area contributed by atoms with Crippen LogP contribution < -0.4 is 15.5 Å². The minimum Gasteiger partial charge on any atom is -0.371 e. The van der Waals surface area contributed by atoms with Gasteiger partial charge in [0.25, 0.3) is 5.91 Å². The Morgan fingerprint density at radius 3 is 2.28 bits per heavy atom. The number of ether oxygens (including phenoxy) is 1. The van der Waals surface area contributed by atoms with Crippen LogP contribution in [0.25, 0.3) is 0 Å². The average molecular weight is 396 g/mol. The van der Waals surface area contributed by atoms with E-state index in [-0.39, 0.29) is 25.0 Å². The maximum atomic E-state index is 12.0. The van der Waals surface area contributed by atoms with Crippen molar-refractivity contribution in [3.8, 4) is 0 Å². The number of rotatable bonds is 7. The van der Waals surface area contributed by atoms with E-state index < -0.39 is 0 Å². The summed E-state index contributed by atoms with van der Waals surface area (Å²) >= 11 is 0. The predicted molar refractivity (Wildman–Crippen MR) is 114 cm³/mol. The summed E-state index contributed by atoms with van der Waals surface area (Å²) in [4.78, 5) is 30.2. The molecule has 2 N–H and O–H groups in total. The van der Waals surface area contributed by atoms with Gasteiger partial charge in [-0.2, -0.15) is 0 Å². The van der Waals surface area contributed by atoms with Crippen LogP contribution in [0.15, 0.2) is 48.7 Å². The first-order valence-electron chi connectivity index (χ1n) is 9.93. The highest BCUT2D eigenvalue weighted by Crippen LogP contribution is 2.27. The molecular weight excluding hydrogens is 368 g/mol. The third-order valence-electron chi connectivity index (χ3n) is 4.78. The summed E-state index contributed by atoms with van der Waals surface area (Å²) < 4.78 is 5.18. The molecule has 0 saturated carbocycles. The minimum atomic E-state index is -0.356. The fourth-order valence-electron chi connectivity index (χ4n) is 3.68. The Bertz CT molecular complexity index is 801. The predicted octanol–water partition coefficient (Wildman–Crippen LogP) is 3.16. The van der Waals surface area contributed by atoms with Crippen LogP contribution in [0.2, 0.25) is 0 Å². The van der Waals surface area contributed by atoms with Crippen LogP contribution >= 0.6 is 0 Å². The molecule has 0 bridgehead atoms. The van der Waals surface area contributed by atoms with Gasteiger partial charge in [0.1, 0.15) is 19.0 Å². The number of carbonyl (C=O) groups is 2. The summed E-state index contributed by atoms with van der Waals surface area (Å²) in [6, 6.07) is 13.1. The van der Waals surface area contributed by atoms with Gasteiger partial charge in [0.15, 0.2) is 0 Å². The second-order valence-corrected chi connectivity index (χ2v) is 7.70. The van der Waals surface area contributed by atoms with Crippen LogP contribution in [0.1, 0.15) is 20.3 Å². The summed E-state index contributed by atoms with van der Waals surface area (Å²) in [7, 11) is 0. The first-order valence-corrected chi connectivity index (χ1v) is 9.93. The molecule has 1 saturated heterocycles. The minimum absolute atomic E-state index is 0.196. The first kappa shape index (κ1) is 20.8. The van der Waals surface area contributed by atoms with Crippen molar-refractivity contribution < 1.29 is 14.3 Å². The zero-order chi connectivity index (χ0) is 20.6. The van der Waals surface area contributed by atoms with Gasteiger partial charge >= 0.3 is 0 Å². The van der Waals surface area contributed by atoms with Crippen molar-refractivity contribution in [1.29, 1.82) is 0 Å². The fourth-order valence-corrected chi connectivity index (χ4v) is 3.68. The van der Waals surface area contributed by atoms with E-state index in [0.29, 0.717) is 23.3 Å². The van der Waals surface area contributed by atoms with E-state index >= 15 is 0 Å². The number of hydrogen-bond acceptors (Lipinski definition) is 5. The van der Waals surface area contributed by atoms with Crippen LogP contribution in [0.5, 0.6) is 0 Å². The number of anilines is 3. The van der Waals surface area contributed by atoms with Gasteiger partial charge in [0.2, 0.25) is 5.91 Å². The quantitative estimate of drug-likeness (QED) is 0.751. The van der Waals surface area contributed by atoms with Crippen LogP contribution in [0.4, 0.5) is 17.2 Å². The van der Waals surface area contributed by atoms with Crippen molar-refractivity contribution in [2.45, 2.75) is 20.3 Å². The number of benzene rings is 1. The second kappa shape index (κ2) is 10.0. The summed E-state index contributed by atoms with van der Waals surface area (Å²) in [5.74, 6) is 1.16. The lowest BCUT2D eigenvalue weighted by atomic mass is 9.91. The Balaban J connectivity index is 1.40. The van der Waals surface area contributed by atoms with Gasteiger partial charge in [0, 0.05) is 30.7 Å². The third-order valence-corrected chi connectivity index (χ3v) is 4.78. The number of piperidine rings is 1. The molecule has 0 radical (unpaired) electrons. The van der Waals surface area contributed by atoms with E-state index in [9.17, 15) is 9.59 Å². The Morgan fingerprint density at radius 1 is 1.00 bits per heavy atom. The molecule has 1 aromatic carbocycles. The number of carbonyl (C=O) groups excluding carboxylic acids is 2. The molecule has 0 aliphatic carbocycles. The molecule has 1 aromatic heterocycles. The number of nitrogens with zero attached hydrogens (tertiary/aromatic N) is 2. The van der Waals surface area contributed by atoms with Gasteiger partial charge in [-0.05, 0) is 54.7 Å². The van der Waals surface area contributed by atoms with Crippen LogP contribution in [-0.2, 0) is 14.3 Å². The van der Waals surface area contributed by atoms with E-state index in [0.717, 1.165) is 13.1 Å². The van der Waals surface area contributed by atoms with E-state index in [4.69, 9.17) is 4.74 Å². The van der Waals surface area contributed by atoms with E-state index in [2.05, 4.69) is 34.4 Å². The summed E-state index contributed by atoms with van der Waals surface area (Å²) in [6.45, 7) is 6.28. The van der Waals surface area contributed by atoms with E-state index in [1.807, 2.05) is 24.3 Å². The van der Waals surface area contributed by atoms with Crippen molar-refractivity contribution in [3.63, 3.8) is 0 Å². The smallest absolute Gasteiger partial charge is 0.251 e. The lowest BCUT2D eigenvalue weighted by Gasteiger charge is -2.36. The van der Waals surface area contributed by atoms with Crippen LogP contribution in [-0.4, -0.2) is 43.1 Å². The topological polar surface area (TPSA) is 83.6 Å². The second-order valence-electron chi connectivity index (χ2n) is 7.70. The van der Waals surface area contributed by atoms with Crippen molar-refractivity contribution in [1.82, 2.24) is 4.98 Å². The molecule has 1 aliphatic heterocycles. The van der Waals surface area contributed by atoms with Crippen molar-refractivity contribution in [2.75, 3.05) is 41.8 Å². The highest BCUT2D eigenvalue weighted by atomic mass is 16.5. The molecule has 7 heteroatoms. The third kappa shape index (κ3) is 6.57. The van der Waals surface area contributed by atoms with E-state index in [1.165, 1.54) is 12.1 Å². The number of nitrogens with one attached hydrogen (secondary N) is 2. The number of hydrogen-bond donors (Lipinski definition) is 2. The maximum Gasteiger partial charge on any atom is 0.251 e. The molecule has 7 nitrogen and oxygen atoms in total. The lowest BCUT2D eigenvalue weighted by Crippen LogP contribution is -2.38. The molecule has 2 aromatic rings. The van der Waals surface area contributed by atoms with Gasteiger partial charge in [-0.25, -0.2) is 4.98 Å². The molecule has 2 atom stereocenters. The standard InChI is InChI=1S/C22H28N4O3/c1-16-11-17(2)13-26(12-16)19-8-6-18(7-9-19)24-21(27)14-29-15-22(28)25-20-5-3-4-10-23-20/h3-10,16-17H,11-15H2,1-2H3,(H,24,27)(H,23,25,28). The highest BCUT2D eigenvalue weighted by Gasteiger charge is 2.21. The van der Waals surface area contributed by atoms with Gasteiger partial charge in [-0.1, -0.05) is 19.9 Å². The molecule has 1 aliphatic rings. The molecule has 3 rings (SSSR count). The molecule has 2 amide bonds. The number of amides is 2. The lowest BCUT2D eigenvalue weighted by molar-refractivity contribution is -0.125. The van der Waals surface area contributed by atoms with Crippen molar-refractivity contribution >= 4 is 29.0 Å². The fraction of sp³-hybridized carbons (Fsp3) is 0.409. The Morgan fingerprint density at radius 2 is 1.66 bits per heavy atom. The van der Waals surface area contributed by atoms with Crippen molar-refractivity contribution in [2.24, 2.45) is 11.8 Å². The highest BCUT2D eigenvalue weighted by molar-refractivity contribution is 5.93. The number of aromatic nitrogens is 1. The van der Waals surface area contributed by atoms with Crippen LogP contribution in [0.3, 0.4) is 0 Å². The Kier molecular flexibility index (Phi) is 7.19. The zero-order valence-corrected chi connectivity index (χ0v) is 16.9.